The van der Waals surface area contributed by atoms with Crippen LogP contribution in [0.25, 0.3) is 65.7 Å². The number of rotatable bonds is 2. The van der Waals surface area contributed by atoms with Crippen LogP contribution in [0, 0.1) is 0 Å². The number of hydrogen-bond acceptors (Lipinski definition) is 0. The van der Waals surface area contributed by atoms with E-state index in [0.717, 1.165) is 0 Å². The number of benzene rings is 7. The molecule has 0 saturated heterocycles. The van der Waals surface area contributed by atoms with Crippen molar-refractivity contribution in [1.29, 1.82) is 0 Å². The van der Waals surface area contributed by atoms with Crippen LogP contribution in [0.3, 0.4) is 0 Å². The quantitative estimate of drug-likeness (QED) is 0.197. The van der Waals surface area contributed by atoms with Gasteiger partial charge in [-0.05, 0) is 99.9 Å². The lowest BCUT2D eigenvalue weighted by Crippen LogP contribution is -2.15. The van der Waals surface area contributed by atoms with Gasteiger partial charge in [0.2, 0.25) is 0 Å². The molecule has 0 amide bonds. The topological polar surface area (TPSA) is 0 Å². The van der Waals surface area contributed by atoms with E-state index in [1.165, 1.54) is 82.4 Å². The summed E-state index contributed by atoms with van der Waals surface area (Å²) in [6.07, 6.45) is 0. The average molecular weight is 527 g/mol. The van der Waals surface area contributed by atoms with Crippen molar-refractivity contribution in [2.45, 2.75) is 45.4 Å². The predicted molar refractivity (Wildman–Crippen MR) is 177 cm³/mol. The van der Waals surface area contributed by atoms with Gasteiger partial charge in [-0.15, -0.1) is 0 Å². The van der Waals surface area contributed by atoms with Crippen molar-refractivity contribution >= 4 is 32.3 Å². The van der Waals surface area contributed by atoms with Crippen LogP contribution in [0.5, 0.6) is 0 Å². The van der Waals surface area contributed by atoms with Crippen LogP contribution >= 0.6 is 0 Å². The SMILES string of the molecule is CC(C)(C)c1cc2ccc3cc4c(c5ccc(c1)c2c35)-c1ccc(-c2ccc(-c3ccccc3)cc2)cc1C4(C)C. The molecule has 0 heteroatoms. The maximum atomic E-state index is 2.47. The summed E-state index contributed by atoms with van der Waals surface area (Å²) in [5.41, 5.74) is 12.1. The third kappa shape index (κ3) is 3.53. The summed E-state index contributed by atoms with van der Waals surface area (Å²) in [4.78, 5) is 0. The first kappa shape index (κ1) is 24.4. The Morgan fingerprint density at radius 1 is 0.488 bits per heavy atom. The molecule has 0 aromatic heterocycles. The summed E-state index contributed by atoms with van der Waals surface area (Å²) in [7, 11) is 0. The van der Waals surface area contributed by atoms with Gasteiger partial charge in [0.25, 0.3) is 0 Å². The summed E-state index contributed by atoms with van der Waals surface area (Å²) < 4.78 is 0. The first-order chi connectivity index (χ1) is 19.7. The van der Waals surface area contributed by atoms with Crippen molar-refractivity contribution < 1.29 is 0 Å². The lowest BCUT2D eigenvalue weighted by atomic mass is 9.79. The van der Waals surface area contributed by atoms with E-state index in [9.17, 15) is 0 Å². The van der Waals surface area contributed by atoms with Crippen molar-refractivity contribution in [2.24, 2.45) is 0 Å². The minimum absolute atomic E-state index is 0.0749. The van der Waals surface area contributed by atoms with Crippen LogP contribution in [-0.2, 0) is 10.8 Å². The molecule has 0 N–H and O–H groups in total. The molecule has 198 valence electrons. The van der Waals surface area contributed by atoms with Gasteiger partial charge in [-0.25, -0.2) is 0 Å². The van der Waals surface area contributed by atoms with E-state index in [-0.39, 0.29) is 10.8 Å². The Labute approximate surface area is 242 Å². The fourth-order valence-electron chi connectivity index (χ4n) is 7.20. The molecule has 1 aliphatic rings. The molecule has 1 aliphatic carbocycles. The molecule has 0 saturated carbocycles. The van der Waals surface area contributed by atoms with Crippen LogP contribution in [0.2, 0.25) is 0 Å². The summed E-state index contributed by atoms with van der Waals surface area (Å²) in [5, 5.41) is 8.22. The van der Waals surface area contributed by atoms with Crippen LogP contribution in [0.1, 0.15) is 51.3 Å². The van der Waals surface area contributed by atoms with Crippen LogP contribution < -0.4 is 0 Å². The molecule has 0 atom stereocenters. The lowest BCUT2D eigenvalue weighted by Gasteiger charge is -2.24. The van der Waals surface area contributed by atoms with Gasteiger partial charge in [-0.2, -0.15) is 0 Å². The smallest absolute Gasteiger partial charge is 0.0159 e. The van der Waals surface area contributed by atoms with Gasteiger partial charge in [0.1, 0.15) is 0 Å². The zero-order chi connectivity index (χ0) is 28.1. The molecule has 7 aromatic rings. The molecular formula is C41H34. The molecule has 8 rings (SSSR count). The molecule has 0 nitrogen and oxygen atoms in total. The minimum Gasteiger partial charge on any atom is -0.0622 e. The molecule has 0 fully saturated rings. The van der Waals surface area contributed by atoms with Gasteiger partial charge < -0.3 is 0 Å². The Balaban J connectivity index is 1.30. The molecule has 0 radical (unpaired) electrons. The first-order valence-electron chi connectivity index (χ1n) is 14.8. The first-order valence-corrected chi connectivity index (χ1v) is 14.8. The van der Waals surface area contributed by atoms with Crippen LogP contribution in [0.15, 0.2) is 115 Å². The van der Waals surface area contributed by atoms with Crippen molar-refractivity contribution in [1.82, 2.24) is 0 Å². The van der Waals surface area contributed by atoms with Gasteiger partial charge in [0, 0.05) is 5.41 Å². The Bertz CT molecular complexity index is 2100. The molecule has 0 heterocycles. The number of hydrogen-bond donors (Lipinski definition) is 0. The standard InChI is InChI=1S/C41H34/c1-40(2,3)32-21-29-15-16-31-24-36-39(34-20-18-30(22-32)37(29)38(31)34)33-19-17-28(23-35(33)41(36,4)5)27-13-11-26(12-14-27)25-9-7-6-8-10-25/h6-24H,1-5H3. The molecule has 7 aromatic carbocycles. The second-order valence-electron chi connectivity index (χ2n) is 13.5. The predicted octanol–water partition coefficient (Wildman–Crippen LogP) is 11.5. The summed E-state index contributed by atoms with van der Waals surface area (Å²) in [6, 6.07) is 43.4. The fraction of sp³-hybridized carbons (Fsp3) is 0.171. The maximum absolute atomic E-state index is 2.47. The van der Waals surface area contributed by atoms with Crippen molar-refractivity contribution in [3.8, 4) is 33.4 Å². The van der Waals surface area contributed by atoms with Gasteiger partial charge in [0.15, 0.2) is 0 Å². The van der Waals surface area contributed by atoms with E-state index >= 15 is 0 Å². The van der Waals surface area contributed by atoms with E-state index < -0.39 is 0 Å². The molecule has 0 unspecified atom stereocenters. The largest absolute Gasteiger partial charge is 0.0622 e. The number of fused-ring (bicyclic) bond motifs is 4. The zero-order valence-electron chi connectivity index (χ0n) is 24.5. The third-order valence-electron chi connectivity index (χ3n) is 9.54. The van der Waals surface area contributed by atoms with E-state index in [1.807, 2.05) is 0 Å². The maximum Gasteiger partial charge on any atom is 0.0159 e. The Morgan fingerprint density at radius 2 is 1.05 bits per heavy atom. The van der Waals surface area contributed by atoms with Crippen molar-refractivity contribution in [3.63, 3.8) is 0 Å². The highest BCUT2D eigenvalue weighted by Crippen LogP contribution is 2.54. The van der Waals surface area contributed by atoms with E-state index in [4.69, 9.17) is 0 Å². The minimum atomic E-state index is -0.0749. The summed E-state index contributed by atoms with van der Waals surface area (Å²) in [6.45, 7) is 11.7. The van der Waals surface area contributed by atoms with E-state index in [0.29, 0.717) is 0 Å². The summed E-state index contributed by atoms with van der Waals surface area (Å²) >= 11 is 0. The van der Waals surface area contributed by atoms with Crippen LogP contribution in [0.4, 0.5) is 0 Å². The van der Waals surface area contributed by atoms with Gasteiger partial charge in [-0.3, -0.25) is 0 Å². The fourth-order valence-corrected chi connectivity index (χ4v) is 7.20. The van der Waals surface area contributed by atoms with Crippen LogP contribution in [-0.4, -0.2) is 0 Å². The molecule has 0 bridgehead atoms. The van der Waals surface area contributed by atoms with E-state index in [1.54, 1.807) is 0 Å². The zero-order valence-corrected chi connectivity index (χ0v) is 24.5. The van der Waals surface area contributed by atoms with Gasteiger partial charge >= 0.3 is 0 Å². The van der Waals surface area contributed by atoms with E-state index in [2.05, 4.69) is 150 Å². The second-order valence-corrected chi connectivity index (χ2v) is 13.5. The Hall–Kier alpha value is -4.42. The molecular weight excluding hydrogens is 492 g/mol. The van der Waals surface area contributed by atoms with Gasteiger partial charge in [0.05, 0.1) is 0 Å². The second kappa shape index (κ2) is 8.30. The Morgan fingerprint density at radius 3 is 1.71 bits per heavy atom. The summed E-state index contributed by atoms with van der Waals surface area (Å²) in [5.74, 6) is 0. The molecule has 0 aliphatic heterocycles. The lowest BCUT2D eigenvalue weighted by molar-refractivity contribution is 0.591. The van der Waals surface area contributed by atoms with Crippen molar-refractivity contribution in [2.75, 3.05) is 0 Å². The normalized spacial score (nSPS) is 14.2. The molecule has 41 heavy (non-hydrogen) atoms. The van der Waals surface area contributed by atoms with Crippen molar-refractivity contribution in [3.05, 3.63) is 132 Å². The monoisotopic (exact) mass is 526 g/mol. The highest BCUT2D eigenvalue weighted by atomic mass is 14.4. The highest BCUT2D eigenvalue weighted by Gasteiger charge is 2.37. The Kier molecular flexibility index (Phi) is 4.94. The molecule has 0 spiro atoms. The average Bonchev–Trinajstić information content (AvgIpc) is 3.21. The van der Waals surface area contributed by atoms with Gasteiger partial charge in [-0.1, -0.05) is 138 Å². The highest BCUT2D eigenvalue weighted by molar-refractivity contribution is 6.26. The third-order valence-corrected chi connectivity index (χ3v) is 9.54.